The summed E-state index contributed by atoms with van der Waals surface area (Å²) in [6.45, 7) is 9.62. The highest BCUT2D eigenvalue weighted by Gasteiger charge is 2.33. The summed E-state index contributed by atoms with van der Waals surface area (Å²) in [4.78, 5) is 2.60. The Labute approximate surface area is 117 Å². The SMILES string of the molecule is CCN1CCCCC(CN)C1c1c(C)nn(C)c1C. The molecule has 4 heteroatoms. The molecule has 108 valence electrons. The number of nitrogens with zero attached hydrogens (tertiary/aromatic N) is 3. The van der Waals surface area contributed by atoms with Crippen molar-refractivity contribution in [1.82, 2.24) is 14.7 Å². The zero-order valence-electron chi connectivity index (χ0n) is 12.8. The maximum absolute atomic E-state index is 6.07. The Kier molecular flexibility index (Phi) is 4.63. The van der Waals surface area contributed by atoms with E-state index in [0.717, 1.165) is 13.1 Å². The summed E-state index contributed by atoms with van der Waals surface area (Å²) in [5.74, 6) is 0.559. The number of hydrogen-bond donors (Lipinski definition) is 1. The summed E-state index contributed by atoms with van der Waals surface area (Å²) in [5.41, 5.74) is 9.95. The van der Waals surface area contributed by atoms with Crippen LogP contribution in [0, 0.1) is 19.8 Å². The summed E-state index contributed by atoms with van der Waals surface area (Å²) < 4.78 is 2.01. The fraction of sp³-hybridized carbons (Fsp3) is 0.800. The van der Waals surface area contributed by atoms with Gasteiger partial charge in [0, 0.05) is 24.3 Å². The molecule has 1 saturated heterocycles. The van der Waals surface area contributed by atoms with Gasteiger partial charge in [0.2, 0.25) is 0 Å². The van der Waals surface area contributed by atoms with Crippen LogP contribution in [-0.4, -0.2) is 34.3 Å². The third kappa shape index (κ3) is 2.70. The minimum atomic E-state index is 0.450. The minimum absolute atomic E-state index is 0.450. The molecule has 19 heavy (non-hydrogen) atoms. The molecule has 1 aliphatic rings. The van der Waals surface area contributed by atoms with Crippen molar-refractivity contribution >= 4 is 0 Å². The summed E-state index contributed by atoms with van der Waals surface area (Å²) in [6, 6.07) is 0.450. The fourth-order valence-electron chi connectivity index (χ4n) is 3.55. The van der Waals surface area contributed by atoms with Crippen molar-refractivity contribution in [3.63, 3.8) is 0 Å². The van der Waals surface area contributed by atoms with Gasteiger partial charge in [0.25, 0.3) is 0 Å². The first kappa shape index (κ1) is 14.5. The molecule has 2 atom stereocenters. The summed E-state index contributed by atoms with van der Waals surface area (Å²) in [5, 5.41) is 4.60. The average molecular weight is 264 g/mol. The highest BCUT2D eigenvalue weighted by atomic mass is 15.3. The lowest BCUT2D eigenvalue weighted by Gasteiger charge is -2.34. The van der Waals surface area contributed by atoms with Crippen LogP contribution in [-0.2, 0) is 7.05 Å². The monoisotopic (exact) mass is 264 g/mol. The smallest absolute Gasteiger partial charge is 0.0644 e. The molecule has 0 amide bonds. The zero-order valence-corrected chi connectivity index (χ0v) is 12.8. The Bertz CT molecular complexity index is 410. The van der Waals surface area contributed by atoms with Crippen LogP contribution in [0.15, 0.2) is 0 Å². The van der Waals surface area contributed by atoms with Crippen LogP contribution in [0.2, 0.25) is 0 Å². The highest BCUT2D eigenvalue weighted by molar-refractivity contribution is 5.29. The highest BCUT2D eigenvalue weighted by Crippen LogP contribution is 2.37. The van der Waals surface area contributed by atoms with Crippen molar-refractivity contribution in [2.45, 2.75) is 46.1 Å². The van der Waals surface area contributed by atoms with Crippen LogP contribution >= 0.6 is 0 Å². The predicted molar refractivity (Wildman–Crippen MR) is 79.1 cm³/mol. The van der Waals surface area contributed by atoms with E-state index in [1.165, 1.54) is 42.8 Å². The van der Waals surface area contributed by atoms with Crippen LogP contribution in [0.3, 0.4) is 0 Å². The third-order valence-corrected chi connectivity index (χ3v) is 4.68. The van der Waals surface area contributed by atoms with Crippen LogP contribution in [0.5, 0.6) is 0 Å². The molecule has 0 radical (unpaired) electrons. The predicted octanol–water partition coefficient (Wildman–Crippen LogP) is 2.16. The topological polar surface area (TPSA) is 47.1 Å². The second-order valence-electron chi connectivity index (χ2n) is 5.77. The van der Waals surface area contributed by atoms with Crippen molar-refractivity contribution in [3.8, 4) is 0 Å². The molecule has 0 aliphatic carbocycles. The van der Waals surface area contributed by atoms with Gasteiger partial charge < -0.3 is 5.73 Å². The van der Waals surface area contributed by atoms with Crippen molar-refractivity contribution in [3.05, 3.63) is 17.0 Å². The first-order valence-corrected chi connectivity index (χ1v) is 7.54. The molecule has 1 aromatic rings. The molecule has 4 nitrogen and oxygen atoms in total. The van der Waals surface area contributed by atoms with Crippen molar-refractivity contribution in [1.29, 1.82) is 0 Å². The lowest BCUT2D eigenvalue weighted by Crippen LogP contribution is -2.36. The van der Waals surface area contributed by atoms with E-state index in [9.17, 15) is 0 Å². The molecule has 0 bridgehead atoms. The molecular weight excluding hydrogens is 236 g/mol. The second kappa shape index (κ2) is 6.06. The number of nitrogens with two attached hydrogens (primary N) is 1. The maximum Gasteiger partial charge on any atom is 0.0644 e. The van der Waals surface area contributed by atoms with Crippen molar-refractivity contribution in [2.24, 2.45) is 18.7 Å². The van der Waals surface area contributed by atoms with E-state index < -0.39 is 0 Å². The lowest BCUT2D eigenvalue weighted by atomic mass is 9.88. The van der Waals surface area contributed by atoms with Crippen molar-refractivity contribution < 1.29 is 0 Å². The second-order valence-corrected chi connectivity index (χ2v) is 5.77. The molecule has 1 aromatic heterocycles. The Balaban J connectivity index is 2.45. The molecule has 0 aromatic carbocycles. The number of hydrogen-bond acceptors (Lipinski definition) is 3. The normalized spacial score (nSPS) is 25.5. The lowest BCUT2D eigenvalue weighted by molar-refractivity contribution is 0.165. The van der Waals surface area contributed by atoms with Gasteiger partial charge in [-0.25, -0.2) is 0 Å². The van der Waals surface area contributed by atoms with Gasteiger partial charge >= 0.3 is 0 Å². The molecule has 2 heterocycles. The molecule has 2 unspecified atom stereocenters. The van der Waals surface area contributed by atoms with E-state index in [2.05, 4.69) is 30.8 Å². The number of rotatable bonds is 3. The van der Waals surface area contributed by atoms with Gasteiger partial charge in [-0.2, -0.15) is 5.10 Å². The molecule has 0 spiro atoms. The van der Waals surface area contributed by atoms with E-state index in [0.29, 0.717) is 12.0 Å². The standard InChI is InChI=1S/C15H28N4/c1-5-19-9-7-6-8-13(10-16)15(19)14-11(2)17-18(4)12(14)3/h13,15H,5-10,16H2,1-4H3. The molecule has 0 saturated carbocycles. The summed E-state index contributed by atoms with van der Waals surface area (Å²) >= 11 is 0. The average Bonchev–Trinajstić information content (AvgIpc) is 2.58. The molecule has 2 N–H and O–H groups in total. The number of aromatic nitrogens is 2. The van der Waals surface area contributed by atoms with Gasteiger partial charge in [-0.05, 0) is 52.2 Å². The van der Waals surface area contributed by atoms with Gasteiger partial charge in [-0.1, -0.05) is 13.3 Å². The third-order valence-electron chi connectivity index (χ3n) is 4.68. The molecular formula is C15H28N4. The Morgan fingerprint density at radius 2 is 2.05 bits per heavy atom. The molecule has 2 rings (SSSR count). The van der Waals surface area contributed by atoms with E-state index in [-0.39, 0.29) is 0 Å². The van der Waals surface area contributed by atoms with Gasteiger partial charge in [0.05, 0.1) is 5.69 Å². The van der Waals surface area contributed by atoms with Gasteiger partial charge in [-0.3, -0.25) is 9.58 Å². The van der Waals surface area contributed by atoms with Crippen molar-refractivity contribution in [2.75, 3.05) is 19.6 Å². The van der Waals surface area contributed by atoms with Gasteiger partial charge in [-0.15, -0.1) is 0 Å². The largest absolute Gasteiger partial charge is 0.330 e. The van der Waals surface area contributed by atoms with E-state index in [4.69, 9.17) is 5.73 Å². The minimum Gasteiger partial charge on any atom is -0.330 e. The van der Waals surface area contributed by atoms with E-state index in [1.807, 2.05) is 11.7 Å². The Morgan fingerprint density at radius 1 is 1.32 bits per heavy atom. The quantitative estimate of drug-likeness (QED) is 0.910. The first-order chi connectivity index (χ1) is 9.10. The summed E-state index contributed by atoms with van der Waals surface area (Å²) in [6.07, 6.45) is 3.83. The molecule has 1 aliphatic heterocycles. The van der Waals surface area contributed by atoms with Crippen LogP contribution in [0.25, 0.3) is 0 Å². The Hall–Kier alpha value is -0.870. The first-order valence-electron chi connectivity index (χ1n) is 7.54. The van der Waals surface area contributed by atoms with E-state index >= 15 is 0 Å². The maximum atomic E-state index is 6.07. The molecule has 1 fully saturated rings. The fourth-order valence-corrected chi connectivity index (χ4v) is 3.55. The number of aryl methyl sites for hydroxylation is 2. The zero-order chi connectivity index (χ0) is 14.0. The van der Waals surface area contributed by atoms with E-state index in [1.54, 1.807) is 0 Å². The Morgan fingerprint density at radius 3 is 2.58 bits per heavy atom. The number of likely N-dealkylation sites (tertiary alicyclic amines) is 1. The van der Waals surface area contributed by atoms with Crippen LogP contribution < -0.4 is 5.73 Å². The van der Waals surface area contributed by atoms with Gasteiger partial charge in [0.1, 0.15) is 0 Å². The summed E-state index contributed by atoms with van der Waals surface area (Å²) in [7, 11) is 2.04. The van der Waals surface area contributed by atoms with Gasteiger partial charge in [0.15, 0.2) is 0 Å². The van der Waals surface area contributed by atoms with Crippen LogP contribution in [0.4, 0.5) is 0 Å². The van der Waals surface area contributed by atoms with Crippen LogP contribution in [0.1, 0.15) is 49.2 Å².